The van der Waals surface area contributed by atoms with Gasteiger partial charge in [0.1, 0.15) is 0 Å². The van der Waals surface area contributed by atoms with E-state index in [-0.39, 0.29) is 0 Å². The summed E-state index contributed by atoms with van der Waals surface area (Å²) in [6.07, 6.45) is 1.28. The van der Waals surface area contributed by atoms with Crippen LogP contribution in [0.4, 0.5) is 0 Å². The van der Waals surface area contributed by atoms with Crippen LogP contribution in [0.5, 0.6) is 0 Å². The van der Waals surface area contributed by atoms with Crippen LogP contribution in [-0.2, 0) is 0 Å². The maximum absolute atomic E-state index is 3.43. The molecule has 2 heterocycles. The van der Waals surface area contributed by atoms with Crippen molar-refractivity contribution in [1.29, 1.82) is 0 Å². The SMILES string of the molecule is BrCCCN1CCNCC1.C1CNCCN1. The highest BCUT2D eigenvalue weighted by Gasteiger charge is 2.07. The zero-order valence-corrected chi connectivity index (χ0v) is 11.7. The third-order valence-corrected chi connectivity index (χ3v) is 3.34. The van der Waals surface area contributed by atoms with E-state index in [9.17, 15) is 0 Å². The predicted molar refractivity (Wildman–Crippen MR) is 73.5 cm³/mol. The number of piperazine rings is 2. The number of rotatable bonds is 3. The molecule has 0 amide bonds. The molecule has 0 bridgehead atoms. The number of hydrogen-bond acceptors (Lipinski definition) is 4. The molecule has 0 unspecified atom stereocenters. The Labute approximate surface area is 108 Å². The van der Waals surface area contributed by atoms with Crippen molar-refractivity contribution in [2.75, 3.05) is 64.2 Å². The van der Waals surface area contributed by atoms with Gasteiger partial charge in [-0.05, 0) is 13.0 Å². The first-order chi connectivity index (χ1) is 7.93. The van der Waals surface area contributed by atoms with Gasteiger partial charge in [-0.3, -0.25) is 0 Å². The summed E-state index contributed by atoms with van der Waals surface area (Å²) in [6, 6.07) is 0. The van der Waals surface area contributed by atoms with Crippen LogP contribution in [0.2, 0.25) is 0 Å². The Hall–Kier alpha value is 0.320. The molecule has 16 heavy (non-hydrogen) atoms. The van der Waals surface area contributed by atoms with E-state index in [4.69, 9.17) is 0 Å². The molecule has 2 aliphatic rings. The molecule has 5 heteroatoms. The molecule has 0 aromatic carbocycles. The summed E-state index contributed by atoms with van der Waals surface area (Å²) < 4.78 is 0. The topological polar surface area (TPSA) is 39.3 Å². The van der Waals surface area contributed by atoms with E-state index in [1.165, 1.54) is 39.1 Å². The Morgan fingerprint density at radius 2 is 1.31 bits per heavy atom. The maximum Gasteiger partial charge on any atom is 0.0107 e. The van der Waals surface area contributed by atoms with Gasteiger partial charge in [0.25, 0.3) is 0 Å². The first-order valence-electron chi connectivity index (χ1n) is 6.34. The summed E-state index contributed by atoms with van der Waals surface area (Å²) >= 11 is 3.43. The highest BCUT2D eigenvalue weighted by atomic mass is 79.9. The average molecular weight is 293 g/mol. The second-order valence-corrected chi connectivity index (χ2v) is 4.93. The predicted octanol–water partition coefficient (Wildman–Crippen LogP) is -0.144. The molecule has 4 nitrogen and oxygen atoms in total. The van der Waals surface area contributed by atoms with Crippen molar-refractivity contribution in [3.8, 4) is 0 Å². The summed E-state index contributed by atoms with van der Waals surface area (Å²) in [6.45, 7) is 10.6. The lowest BCUT2D eigenvalue weighted by Crippen LogP contribution is -2.43. The first kappa shape index (κ1) is 14.4. The smallest absolute Gasteiger partial charge is 0.0107 e. The number of nitrogens with zero attached hydrogens (tertiary/aromatic N) is 1. The fourth-order valence-corrected chi connectivity index (χ4v) is 2.07. The zero-order chi connectivity index (χ0) is 11.5. The lowest BCUT2D eigenvalue weighted by Gasteiger charge is -2.26. The summed E-state index contributed by atoms with van der Waals surface area (Å²) in [4.78, 5) is 2.51. The lowest BCUT2D eigenvalue weighted by atomic mass is 10.3. The third kappa shape index (κ3) is 7.57. The van der Waals surface area contributed by atoms with Crippen LogP contribution < -0.4 is 16.0 Å². The Bertz CT molecular complexity index is 135. The van der Waals surface area contributed by atoms with Gasteiger partial charge in [0.2, 0.25) is 0 Å². The van der Waals surface area contributed by atoms with Crippen LogP contribution in [0, 0.1) is 0 Å². The van der Waals surface area contributed by atoms with E-state index in [1.54, 1.807) is 0 Å². The van der Waals surface area contributed by atoms with E-state index in [0.717, 1.165) is 31.5 Å². The van der Waals surface area contributed by atoms with E-state index < -0.39 is 0 Å². The van der Waals surface area contributed by atoms with Crippen LogP contribution in [-0.4, -0.2) is 69.1 Å². The second kappa shape index (κ2) is 10.5. The Kier molecular flexibility index (Phi) is 9.41. The molecular weight excluding hydrogens is 268 g/mol. The van der Waals surface area contributed by atoms with Crippen LogP contribution >= 0.6 is 15.9 Å². The summed E-state index contributed by atoms with van der Waals surface area (Å²) in [5, 5.41) is 10.9. The molecule has 0 saturated carbocycles. The normalized spacial score (nSPS) is 22.3. The average Bonchev–Trinajstić information content (AvgIpc) is 2.40. The van der Waals surface area contributed by atoms with Crippen LogP contribution in [0.25, 0.3) is 0 Å². The van der Waals surface area contributed by atoms with Gasteiger partial charge in [0.05, 0.1) is 0 Å². The van der Waals surface area contributed by atoms with Gasteiger partial charge >= 0.3 is 0 Å². The van der Waals surface area contributed by atoms with Gasteiger partial charge in [0.15, 0.2) is 0 Å². The highest BCUT2D eigenvalue weighted by molar-refractivity contribution is 9.09. The molecule has 0 aromatic heterocycles. The molecule has 2 rings (SSSR count). The van der Waals surface area contributed by atoms with Crippen molar-refractivity contribution in [2.45, 2.75) is 6.42 Å². The van der Waals surface area contributed by atoms with Crippen LogP contribution in [0.15, 0.2) is 0 Å². The number of nitrogens with one attached hydrogen (secondary N) is 3. The minimum atomic E-state index is 1.14. The lowest BCUT2D eigenvalue weighted by molar-refractivity contribution is 0.242. The fraction of sp³-hybridized carbons (Fsp3) is 1.00. The molecule has 0 radical (unpaired) electrons. The van der Waals surface area contributed by atoms with Crippen molar-refractivity contribution < 1.29 is 0 Å². The summed E-state index contributed by atoms with van der Waals surface area (Å²) in [5.74, 6) is 0. The van der Waals surface area contributed by atoms with Gasteiger partial charge in [-0.25, -0.2) is 0 Å². The van der Waals surface area contributed by atoms with Crippen LogP contribution in [0.1, 0.15) is 6.42 Å². The number of alkyl halides is 1. The molecule has 2 fully saturated rings. The van der Waals surface area contributed by atoms with Gasteiger partial charge in [-0.2, -0.15) is 0 Å². The van der Waals surface area contributed by atoms with E-state index in [0.29, 0.717) is 0 Å². The van der Waals surface area contributed by atoms with Crippen molar-refractivity contribution >= 4 is 15.9 Å². The Morgan fingerprint density at radius 1 is 0.812 bits per heavy atom. The molecule has 0 aliphatic carbocycles. The van der Waals surface area contributed by atoms with E-state index in [1.807, 2.05) is 0 Å². The largest absolute Gasteiger partial charge is 0.314 e. The van der Waals surface area contributed by atoms with Crippen LogP contribution in [0.3, 0.4) is 0 Å². The Morgan fingerprint density at radius 3 is 1.75 bits per heavy atom. The van der Waals surface area contributed by atoms with Crippen molar-refractivity contribution in [2.24, 2.45) is 0 Å². The number of halogens is 1. The molecule has 0 aromatic rings. The summed E-state index contributed by atoms with van der Waals surface area (Å²) in [7, 11) is 0. The minimum absolute atomic E-state index is 1.14. The van der Waals surface area contributed by atoms with Gasteiger partial charge in [-0.1, -0.05) is 15.9 Å². The minimum Gasteiger partial charge on any atom is -0.314 e. The number of hydrogen-bond donors (Lipinski definition) is 3. The van der Waals surface area contributed by atoms with Gasteiger partial charge in [-0.15, -0.1) is 0 Å². The summed E-state index contributed by atoms with van der Waals surface area (Å²) in [5.41, 5.74) is 0. The maximum atomic E-state index is 3.43. The monoisotopic (exact) mass is 292 g/mol. The van der Waals surface area contributed by atoms with Gasteiger partial charge in [0, 0.05) is 57.7 Å². The van der Waals surface area contributed by atoms with E-state index in [2.05, 4.69) is 36.8 Å². The van der Waals surface area contributed by atoms with E-state index >= 15 is 0 Å². The van der Waals surface area contributed by atoms with Crippen molar-refractivity contribution in [3.63, 3.8) is 0 Å². The molecule has 2 aliphatic heterocycles. The molecule has 3 N–H and O–H groups in total. The molecule has 0 spiro atoms. The second-order valence-electron chi connectivity index (χ2n) is 4.13. The Balaban J connectivity index is 0.000000181. The molecule has 96 valence electrons. The zero-order valence-electron chi connectivity index (χ0n) is 10.1. The third-order valence-electron chi connectivity index (χ3n) is 2.77. The first-order valence-corrected chi connectivity index (χ1v) is 7.46. The molecule has 2 saturated heterocycles. The van der Waals surface area contributed by atoms with Gasteiger partial charge < -0.3 is 20.9 Å². The molecular formula is C11H25BrN4. The quantitative estimate of drug-likeness (QED) is 0.633. The molecule has 0 atom stereocenters. The van der Waals surface area contributed by atoms with Crippen molar-refractivity contribution in [3.05, 3.63) is 0 Å². The van der Waals surface area contributed by atoms with Crippen molar-refractivity contribution in [1.82, 2.24) is 20.9 Å². The highest BCUT2D eigenvalue weighted by Crippen LogP contribution is 1.95. The standard InChI is InChI=1S/C7H15BrN2.C4H10N2/c8-2-1-5-10-6-3-9-4-7-10;1-2-6-4-3-5-1/h9H,1-7H2;5-6H,1-4H2. The fourth-order valence-electron chi connectivity index (χ4n) is 1.82.